The number of hydrogen-bond donors (Lipinski definition) is 1. The van der Waals surface area contributed by atoms with E-state index < -0.39 is 0 Å². The molecule has 0 fully saturated rings. The molecule has 0 saturated carbocycles. The third kappa shape index (κ3) is 2.70. The molecule has 2 aromatic carbocycles. The third-order valence-electron chi connectivity index (χ3n) is 4.85. The van der Waals surface area contributed by atoms with Crippen LogP contribution in [0.1, 0.15) is 29.5 Å². The molecular formula is C19H17BrINO. The van der Waals surface area contributed by atoms with Crippen LogP contribution >= 0.6 is 38.5 Å². The zero-order valence-electron chi connectivity index (χ0n) is 12.7. The Kier molecular flexibility index (Phi) is 4.13. The Labute approximate surface area is 158 Å². The van der Waals surface area contributed by atoms with E-state index in [0.29, 0.717) is 11.8 Å². The average molecular weight is 482 g/mol. The minimum atomic E-state index is 0.259. The largest absolute Gasteiger partial charge is 0.496 e. The second-order valence-electron chi connectivity index (χ2n) is 6.09. The van der Waals surface area contributed by atoms with E-state index in [0.717, 1.165) is 16.6 Å². The SMILES string of the molecule is COc1ccc(Br)cc1C1Nc2ccc(I)cc2C2C=CCC21. The van der Waals surface area contributed by atoms with E-state index >= 15 is 0 Å². The monoisotopic (exact) mass is 481 g/mol. The number of nitrogens with one attached hydrogen (secondary N) is 1. The standard InChI is InChI=1S/C19H17BrINO/c1-23-18-8-5-11(20)9-16(18)19-14-4-2-3-13(14)15-10-12(21)6-7-17(15)22-19/h2-3,5-10,13-14,19,22H,4H2,1H3. The first-order valence-corrected chi connectivity index (χ1v) is 9.60. The zero-order chi connectivity index (χ0) is 16.0. The first kappa shape index (κ1) is 15.5. The summed E-state index contributed by atoms with van der Waals surface area (Å²) in [5.74, 6) is 1.96. The van der Waals surface area contributed by atoms with Crippen molar-refractivity contribution < 1.29 is 4.74 Å². The highest BCUT2D eigenvalue weighted by molar-refractivity contribution is 14.1. The number of ether oxygens (including phenoxy) is 1. The van der Waals surface area contributed by atoms with Crippen molar-refractivity contribution in [1.82, 2.24) is 0 Å². The lowest BCUT2D eigenvalue weighted by atomic mass is 9.77. The van der Waals surface area contributed by atoms with Crippen molar-refractivity contribution in [3.63, 3.8) is 0 Å². The molecule has 1 heterocycles. The number of anilines is 1. The van der Waals surface area contributed by atoms with Gasteiger partial charge in [-0.15, -0.1) is 0 Å². The third-order valence-corrected chi connectivity index (χ3v) is 6.02. The van der Waals surface area contributed by atoms with Gasteiger partial charge in [0.25, 0.3) is 0 Å². The van der Waals surface area contributed by atoms with Gasteiger partial charge in [0.2, 0.25) is 0 Å². The molecule has 2 nitrogen and oxygen atoms in total. The summed E-state index contributed by atoms with van der Waals surface area (Å²) in [6.45, 7) is 0. The van der Waals surface area contributed by atoms with Crippen LogP contribution in [0.2, 0.25) is 0 Å². The predicted molar refractivity (Wildman–Crippen MR) is 106 cm³/mol. The summed E-state index contributed by atoms with van der Waals surface area (Å²) in [6, 6.07) is 13.2. The Morgan fingerprint density at radius 1 is 1.17 bits per heavy atom. The van der Waals surface area contributed by atoms with E-state index in [2.05, 4.69) is 80.3 Å². The number of hydrogen-bond acceptors (Lipinski definition) is 2. The van der Waals surface area contributed by atoms with Crippen LogP contribution < -0.4 is 10.1 Å². The highest BCUT2D eigenvalue weighted by Crippen LogP contribution is 2.51. The maximum Gasteiger partial charge on any atom is 0.124 e. The molecule has 118 valence electrons. The van der Waals surface area contributed by atoms with Crippen molar-refractivity contribution in [2.24, 2.45) is 5.92 Å². The summed E-state index contributed by atoms with van der Waals surface area (Å²) < 4.78 is 8.01. The minimum Gasteiger partial charge on any atom is -0.496 e. The first-order chi connectivity index (χ1) is 11.2. The fourth-order valence-corrected chi connectivity index (χ4v) is 4.72. The van der Waals surface area contributed by atoms with E-state index in [1.807, 2.05) is 12.1 Å². The molecule has 2 aromatic rings. The summed E-state index contributed by atoms with van der Waals surface area (Å²) >= 11 is 6.00. The molecular weight excluding hydrogens is 465 g/mol. The summed E-state index contributed by atoms with van der Waals surface area (Å²) in [4.78, 5) is 0. The molecule has 1 aliphatic heterocycles. The fourth-order valence-electron chi connectivity index (χ4n) is 3.82. The van der Waals surface area contributed by atoms with Crippen LogP contribution in [0.15, 0.2) is 53.0 Å². The van der Waals surface area contributed by atoms with Crippen molar-refractivity contribution in [2.45, 2.75) is 18.4 Å². The number of halogens is 2. The summed E-state index contributed by atoms with van der Waals surface area (Å²) in [6.07, 6.45) is 5.80. The van der Waals surface area contributed by atoms with Gasteiger partial charge < -0.3 is 10.1 Å². The second kappa shape index (κ2) is 6.13. The van der Waals surface area contributed by atoms with Crippen molar-refractivity contribution >= 4 is 44.2 Å². The molecule has 0 spiro atoms. The zero-order valence-corrected chi connectivity index (χ0v) is 16.5. The Morgan fingerprint density at radius 2 is 2.04 bits per heavy atom. The Balaban J connectivity index is 1.82. The summed E-state index contributed by atoms with van der Waals surface area (Å²) in [7, 11) is 1.75. The van der Waals surface area contributed by atoms with Crippen LogP contribution in [-0.4, -0.2) is 7.11 Å². The minimum absolute atomic E-state index is 0.259. The van der Waals surface area contributed by atoms with Crippen LogP contribution in [-0.2, 0) is 0 Å². The molecule has 0 radical (unpaired) electrons. The Hall–Kier alpha value is -1.01. The van der Waals surface area contributed by atoms with Crippen LogP contribution in [0.5, 0.6) is 5.75 Å². The van der Waals surface area contributed by atoms with Crippen LogP contribution in [0.3, 0.4) is 0 Å². The first-order valence-electron chi connectivity index (χ1n) is 7.73. The molecule has 4 heteroatoms. The molecule has 3 atom stereocenters. The van der Waals surface area contributed by atoms with Gasteiger partial charge in [-0.3, -0.25) is 0 Å². The molecule has 1 N–H and O–H groups in total. The number of benzene rings is 2. The number of allylic oxidation sites excluding steroid dienone is 2. The maximum absolute atomic E-state index is 5.63. The normalized spacial score (nSPS) is 24.7. The van der Waals surface area contributed by atoms with E-state index in [9.17, 15) is 0 Å². The number of methoxy groups -OCH3 is 1. The maximum atomic E-state index is 5.63. The lowest BCUT2D eigenvalue weighted by Gasteiger charge is -2.38. The highest BCUT2D eigenvalue weighted by Gasteiger charge is 2.39. The molecule has 0 amide bonds. The topological polar surface area (TPSA) is 21.3 Å². The van der Waals surface area contributed by atoms with Gasteiger partial charge in [0.15, 0.2) is 0 Å². The lowest BCUT2D eigenvalue weighted by molar-refractivity contribution is 0.381. The number of rotatable bonds is 2. The van der Waals surface area contributed by atoms with Gasteiger partial charge in [0, 0.05) is 25.2 Å². The highest BCUT2D eigenvalue weighted by atomic mass is 127. The van der Waals surface area contributed by atoms with Crippen molar-refractivity contribution in [3.8, 4) is 5.75 Å². The van der Waals surface area contributed by atoms with Gasteiger partial charge in [-0.2, -0.15) is 0 Å². The van der Waals surface area contributed by atoms with Crippen LogP contribution in [0.4, 0.5) is 5.69 Å². The van der Waals surface area contributed by atoms with Gasteiger partial charge in [0.1, 0.15) is 5.75 Å². The number of fused-ring (bicyclic) bond motifs is 3. The van der Waals surface area contributed by atoms with Gasteiger partial charge in [-0.05, 0) is 76.9 Å². The molecule has 2 aliphatic rings. The van der Waals surface area contributed by atoms with E-state index in [4.69, 9.17) is 4.74 Å². The van der Waals surface area contributed by atoms with Gasteiger partial charge in [0.05, 0.1) is 13.2 Å². The van der Waals surface area contributed by atoms with Crippen molar-refractivity contribution in [1.29, 1.82) is 0 Å². The van der Waals surface area contributed by atoms with Crippen molar-refractivity contribution in [3.05, 3.63) is 67.7 Å². The Bertz CT molecular complexity index is 789. The molecule has 1 aliphatic carbocycles. The molecule has 4 rings (SSSR count). The molecule has 0 bridgehead atoms. The molecule has 23 heavy (non-hydrogen) atoms. The van der Waals surface area contributed by atoms with Crippen LogP contribution in [0.25, 0.3) is 0 Å². The molecule has 0 aromatic heterocycles. The van der Waals surface area contributed by atoms with Crippen molar-refractivity contribution in [2.75, 3.05) is 12.4 Å². The van der Waals surface area contributed by atoms with E-state index in [-0.39, 0.29) is 6.04 Å². The second-order valence-corrected chi connectivity index (χ2v) is 8.25. The molecule has 0 saturated heterocycles. The molecule has 3 unspecified atom stereocenters. The predicted octanol–water partition coefficient (Wildman–Crippen LogP) is 5.89. The average Bonchev–Trinajstić information content (AvgIpc) is 3.04. The smallest absolute Gasteiger partial charge is 0.124 e. The van der Waals surface area contributed by atoms with Gasteiger partial charge in [-0.1, -0.05) is 28.1 Å². The summed E-state index contributed by atoms with van der Waals surface area (Å²) in [5, 5.41) is 3.77. The van der Waals surface area contributed by atoms with Gasteiger partial charge in [-0.25, -0.2) is 0 Å². The quantitative estimate of drug-likeness (QED) is 0.426. The van der Waals surface area contributed by atoms with Gasteiger partial charge >= 0.3 is 0 Å². The lowest BCUT2D eigenvalue weighted by Crippen LogP contribution is -2.29. The fraction of sp³-hybridized carbons (Fsp3) is 0.263. The Morgan fingerprint density at radius 3 is 2.87 bits per heavy atom. The van der Waals surface area contributed by atoms with Crippen LogP contribution in [0, 0.1) is 9.49 Å². The summed E-state index contributed by atoms with van der Waals surface area (Å²) in [5.41, 5.74) is 3.89. The van der Waals surface area contributed by atoms with E-state index in [1.54, 1.807) is 7.11 Å². The van der Waals surface area contributed by atoms with E-state index in [1.165, 1.54) is 20.4 Å².